The summed E-state index contributed by atoms with van der Waals surface area (Å²) in [7, 11) is 5.24. The monoisotopic (exact) mass is 366 g/mol. The predicted octanol–water partition coefficient (Wildman–Crippen LogP) is 1.73. The standard InChI is InChI=1S/C18H30N4O2S/c1-22(2)16(23)13-20-17(19-10-6-15-5-4-12-25-15)21-14-18(7-8-18)9-11-24-3/h4-5,12H,6-11,13-14H2,1-3H3,(H2,19,20,21). The first-order valence-corrected chi connectivity index (χ1v) is 9.66. The van der Waals surface area contributed by atoms with Gasteiger partial charge in [-0.15, -0.1) is 11.3 Å². The van der Waals surface area contributed by atoms with Crippen molar-refractivity contribution in [3.63, 3.8) is 0 Å². The van der Waals surface area contributed by atoms with Crippen LogP contribution in [0.25, 0.3) is 0 Å². The van der Waals surface area contributed by atoms with Crippen LogP contribution in [-0.4, -0.2) is 64.2 Å². The zero-order valence-electron chi connectivity index (χ0n) is 15.5. The largest absolute Gasteiger partial charge is 0.385 e. The average molecular weight is 367 g/mol. The number of hydrogen-bond donors (Lipinski definition) is 2. The Morgan fingerprint density at radius 3 is 2.80 bits per heavy atom. The molecule has 25 heavy (non-hydrogen) atoms. The normalized spacial score (nSPS) is 15.7. The first kappa shape index (κ1) is 19.7. The molecule has 0 unspecified atom stereocenters. The van der Waals surface area contributed by atoms with E-state index in [1.807, 2.05) is 0 Å². The van der Waals surface area contributed by atoms with Crippen LogP contribution in [0.1, 0.15) is 24.1 Å². The molecular weight excluding hydrogens is 336 g/mol. The maximum Gasteiger partial charge on any atom is 0.243 e. The van der Waals surface area contributed by atoms with Crippen molar-refractivity contribution < 1.29 is 9.53 Å². The summed E-state index contributed by atoms with van der Waals surface area (Å²) in [5, 5.41) is 8.86. The van der Waals surface area contributed by atoms with E-state index in [9.17, 15) is 4.79 Å². The Kier molecular flexibility index (Phi) is 7.71. The molecule has 2 rings (SSSR count). The summed E-state index contributed by atoms with van der Waals surface area (Å²) in [6.07, 6.45) is 4.47. The van der Waals surface area contributed by atoms with Crippen LogP contribution in [0.4, 0.5) is 0 Å². The highest BCUT2D eigenvalue weighted by Gasteiger charge is 2.41. The van der Waals surface area contributed by atoms with Crippen molar-refractivity contribution in [2.24, 2.45) is 10.4 Å². The molecule has 0 spiro atoms. The van der Waals surface area contributed by atoms with Crippen molar-refractivity contribution in [3.8, 4) is 0 Å². The molecular formula is C18H30N4O2S. The molecule has 0 aromatic carbocycles. The van der Waals surface area contributed by atoms with Gasteiger partial charge in [0.25, 0.3) is 0 Å². The average Bonchev–Trinajstić information content (AvgIpc) is 3.18. The quantitative estimate of drug-likeness (QED) is 0.489. The molecule has 0 radical (unpaired) electrons. The Morgan fingerprint density at radius 1 is 1.40 bits per heavy atom. The number of methoxy groups -OCH3 is 1. The van der Waals surface area contributed by atoms with E-state index in [2.05, 4.69) is 33.1 Å². The molecule has 1 heterocycles. The number of rotatable bonds is 10. The predicted molar refractivity (Wildman–Crippen MR) is 103 cm³/mol. The van der Waals surface area contributed by atoms with Gasteiger partial charge in [-0.25, -0.2) is 4.99 Å². The number of nitrogens with zero attached hydrogens (tertiary/aromatic N) is 2. The first-order valence-electron chi connectivity index (χ1n) is 8.78. The van der Waals surface area contributed by atoms with Gasteiger partial charge in [-0.05, 0) is 42.5 Å². The van der Waals surface area contributed by atoms with Crippen LogP contribution in [0.2, 0.25) is 0 Å². The van der Waals surface area contributed by atoms with Gasteiger partial charge in [0.2, 0.25) is 5.91 Å². The minimum atomic E-state index is -0.000116. The number of likely N-dealkylation sites (N-methyl/N-ethyl adjacent to an activating group) is 1. The molecule has 1 aliphatic rings. The van der Waals surface area contributed by atoms with Crippen LogP contribution in [0, 0.1) is 5.41 Å². The summed E-state index contributed by atoms with van der Waals surface area (Å²) < 4.78 is 5.21. The van der Waals surface area contributed by atoms with Crippen LogP contribution < -0.4 is 10.6 Å². The van der Waals surface area contributed by atoms with E-state index in [0.717, 1.165) is 38.5 Å². The number of aliphatic imine (C=N–C) groups is 1. The fourth-order valence-corrected chi connectivity index (χ4v) is 3.21. The Bertz CT molecular complexity index is 553. The molecule has 0 saturated heterocycles. The molecule has 1 saturated carbocycles. The van der Waals surface area contributed by atoms with E-state index in [1.54, 1.807) is 37.4 Å². The SMILES string of the molecule is COCCC1(CNC(=NCC(=O)N(C)C)NCCc2cccs2)CC1. The molecule has 0 aliphatic heterocycles. The van der Waals surface area contributed by atoms with E-state index in [4.69, 9.17) is 4.74 Å². The molecule has 1 aliphatic carbocycles. The van der Waals surface area contributed by atoms with E-state index < -0.39 is 0 Å². The minimum absolute atomic E-state index is 0.000116. The van der Waals surface area contributed by atoms with Gasteiger partial charge >= 0.3 is 0 Å². The second kappa shape index (κ2) is 9.77. The van der Waals surface area contributed by atoms with E-state index in [0.29, 0.717) is 5.41 Å². The van der Waals surface area contributed by atoms with Gasteiger partial charge < -0.3 is 20.3 Å². The molecule has 2 N–H and O–H groups in total. The van der Waals surface area contributed by atoms with Crippen molar-refractivity contribution in [3.05, 3.63) is 22.4 Å². The zero-order chi connectivity index (χ0) is 18.1. The molecule has 1 aromatic heterocycles. The van der Waals surface area contributed by atoms with E-state index >= 15 is 0 Å². The Hall–Kier alpha value is -1.60. The summed E-state index contributed by atoms with van der Waals surface area (Å²) in [6.45, 7) is 2.62. The molecule has 6 nitrogen and oxygen atoms in total. The lowest BCUT2D eigenvalue weighted by Gasteiger charge is -2.19. The fourth-order valence-electron chi connectivity index (χ4n) is 2.50. The van der Waals surface area contributed by atoms with Crippen LogP contribution >= 0.6 is 11.3 Å². The Labute approximate surface area is 154 Å². The molecule has 140 valence electrons. The number of hydrogen-bond acceptors (Lipinski definition) is 4. The number of guanidine groups is 1. The van der Waals surface area contributed by atoms with Gasteiger partial charge in [0.05, 0.1) is 0 Å². The highest BCUT2D eigenvalue weighted by molar-refractivity contribution is 7.09. The number of carbonyl (C=O) groups excluding carboxylic acids is 1. The maximum atomic E-state index is 11.8. The van der Waals surface area contributed by atoms with Crippen LogP contribution in [0.5, 0.6) is 0 Å². The second-order valence-corrected chi connectivity index (χ2v) is 7.84. The van der Waals surface area contributed by atoms with Gasteiger partial charge in [0, 0.05) is 45.8 Å². The zero-order valence-corrected chi connectivity index (χ0v) is 16.3. The van der Waals surface area contributed by atoms with Crippen molar-refractivity contribution in [2.75, 3.05) is 47.4 Å². The van der Waals surface area contributed by atoms with Crippen molar-refractivity contribution in [1.82, 2.24) is 15.5 Å². The first-order chi connectivity index (χ1) is 12.0. The number of amides is 1. The highest BCUT2D eigenvalue weighted by atomic mass is 32.1. The topological polar surface area (TPSA) is 66.0 Å². The van der Waals surface area contributed by atoms with Crippen LogP contribution in [-0.2, 0) is 16.0 Å². The van der Waals surface area contributed by atoms with Crippen LogP contribution in [0.3, 0.4) is 0 Å². The van der Waals surface area contributed by atoms with Crippen molar-refractivity contribution in [1.29, 1.82) is 0 Å². The smallest absolute Gasteiger partial charge is 0.243 e. The number of thiophene rings is 1. The summed E-state index contributed by atoms with van der Waals surface area (Å²) in [5.74, 6) is 0.718. The third-order valence-electron chi connectivity index (χ3n) is 4.54. The van der Waals surface area contributed by atoms with Crippen molar-refractivity contribution in [2.45, 2.75) is 25.7 Å². The number of nitrogens with one attached hydrogen (secondary N) is 2. The molecule has 1 aromatic rings. The minimum Gasteiger partial charge on any atom is -0.385 e. The maximum absolute atomic E-state index is 11.8. The summed E-state index contributed by atoms with van der Waals surface area (Å²) >= 11 is 1.76. The third kappa shape index (κ3) is 7.04. The second-order valence-electron chi connectivity index (χ2n) is 6.81. The molecule has 0 atom stereocenters. The Balaban J connectivity index is 1.84. The van der Waals surface area contributed by atoms with E-state index in [1.165, 1.54) is 17.7 Å². The lowest BCUT2D eigenvalue weighted by Crippen LogP contribution is -2.42. The number of ether oxygens (including phenoxy) is 1. The molecule has 1 amide bonds. The Morgan fingerprint density at radius 2 is 2.20 bits per heavy atom. The highest BCUT2D eigenvalue weighted by Crippen LogP contribution is 2.48. The molecule has 1 fully saturated rings. The third-order valence-corrected chi connectivity index (χ3v) is 5.48. The van der Waals surface area contributed by atoms with Gasteiger partial charge in [-0.1, -0.05) is 6.07 Å². The molecule has 0 bridgehead atoms. The van der Waals surface area contributed by atoms with Gasteiger partial charge in [-0.2, -0.15) is 0 Å². The fraction of sp³-hybridized carbons (Fsp3) is 0.667. The van der Waals surface area contributed by atoms with Gasteiger partial charge in [0.15, 0.2) is 5.96 Å². The van der Waals surface area contributed by atoms with E-state index in [-0.39, 0.29) is 12.5 Å². The summed E-state index contributed by atoms with van der Waals surface area (Å²) in [4.78, 5) is 19.2. The van der Waals surface area contributed by atoms with Gasteiger partial charge in [0.1, 0.15) is 6.54 Å². The molecule has 7 heteroatoms. The van der Waals surface area contributed by atoms with Gasteiger partial charge in [-0.3, -0.25) is 4.79 Å². The lowest BCUT2D eigenvalue weighted by molar-refractivity contribution is -0.127. The number of carbonyl (C=O) groups is 1. The summed E-state index contributed by atoms with van der Waals surface area (Å²) in [5.41, 5.74) is 0.331. The lowest BCUT2D eigenvalue weighted by atomic mass is 10.0. The van der Waals surface area contributed by atoms with Crippen LogP contribution in [0.15, 0.2) is 22.5 Å². The van der Waals surface area contributed by atoms with Crippen molar-refractivity contribution >= 4 is 23.2 Å². The summed E-state index contributed by atoms with van der Waals surface area (Å²) in [6, 6.07) is 4.20.